The second kappa shape index (κ2) is 8.13. The van der Waals surface area contributed by atoms with Gasteiger partial charge in [0, 0.05) is 0 Å². The van der Waals surface area contributed by atoms with Gasteiger partial charge >= 0.3 is 11.9 Å². The van der Waals surface area contributed by atoms with E-state index in [-0.39, 0.29) is 22.1 Å². The van der Waals surface area contributed by atoms with E-state index < -0.39 is 11.9 Å². The number of esters is 1. The van der Waals surface area contributed by atoms with Crippen molar-refractivity contribution >= 4 is 33.7 Å². The van der Waals surface area contributed by atoms with Gasteiger partial charge in [0.25, 0.3) is 11.1 Å². The highest BCUT2D eigenvalue weighted by molar-refractivity contribution is 5.94. The Balaban J connectivity index is 0.000000166. The highest BCUT2D eigenvalue weighted by atomic mass is 16.5. The Kier molecular flexibility index (Phi) is 5.44. The number of carboxylic acid groups (broad SMARTS) is 1. The van der Waals surface area contributed by atoms with E-state index in [2.05, 4.69) is 24.7 Å². The second-order valence-corrected chi connectivity index (χ2v) is 5.72. The van der Waals surface area contributed by atoms with Gasteiger partial charge in [-0.1, -0.05) is 0 Å². The number of carboxylic acids is 1. The molecule has 4 aromatic rings. The van der Waals surface area contributed by atoms with Crippen molar-refractivity contribution < 1.29 is 19.4 Å². The lowest BCUT2D eigenvalue weighted by Crippen LogP contribution is -2.08. The number of ether oxygens (including phenoxy) is 1. The molecule has 0 fully saturated rings. The predicted octanol–water partition coefficient (Wildman–Crippen LogP) is 1.33. The monoisotopic (exact) mass is 394 g/mol. The molecule has 0 bridgehead atoms. The highest BCUT2D eigenvalue weighted by Crippen LogP contribution is 2.10. The number of H-pyrrole nitrogens is 2. The molecule has 29 heavy (non-hydrogen) atoms. The zero-order chi connectivity index (χ0) is 21.0. The van der Waals surface area contributed by atoms with Gasteiger partial charge in [-0.2, -0.15) is 0 Å². The topological polar surface area (TPSA) is 155 Å². The number of fused-ring (bicyclic) bond motifs is 2. The van der Waals surface area contributed by atoms with Gasteiger partial charge in [0.1, 0.15) is 0 Å². The molecule has 4 rings (SSSR count). The third kappa shape index (κ3) is 4.16. The van der Waals surface area contributed by atoms with E-state index in [9.17, 15) is 19.2 Å². The van der Waals surface area contributed by atoms with Gasteiger partial charge in [0.15, 0.2) is 0 Å². The summed E-state index contributed by atoms with van der Waals surface area (Å²) >= 11 is 0. The lowest BCUT2D eigenvalue weighted by Gasteiger charge is -2.00. The van der Waals surface area contributed by atoms with Gasteiger partial charge in [0.05, 0.1) is 52.7 Å². The van der Waals surface area contributed by atoms with Gasteiger partial charge in [0.2, 0.25) is 0 Å². The number of nitrogens with zero attached hydrogens (tertiary/aromatic N) is 2. The van der Waals surface area contributed by atoms with E-state index in [0.29, 0.717) is 22.0 Å². The maximum absolute atomic E-state index is 11.4. The lowest BCUT2D eigenvalue weighted by atomic mass is 10.1. The number of benzene rings is 2. The molecule has 0 aliphatic rings. The fourth-order valence-corrected chi connectivity index (χ4v) is 2.52. The Morgan fingerprint density at radius 3 is 1.83 bits per heavy atom. The Hall–Kier alpha value is -4.34. The summed E-state index contributed by atoms with van der Waals surface area (Å²) in [5, 5.41) is 9.36. The number of hydrogen-bond donors (Lipinski definition) is 3. The number of methoxy groups -OCH3 is 1. The van der Waals surface area contributed by atoms with Crippen molar-refractivity contribution in [2.75, 3.05) is 7.11 Å². The molecule has 0 amide bonds. The van der Waals surface area contributed by atoms with Crippen LogP contribution in [0.5, 0.6) is 0 Å². The largest absolute Gasteiger partial charge is 0.478 e. The molecule has 2 aromatic heterocycles. The fraction of sp³-hybridized carbons (Fsp3) is 0.0526. The van der Waals surface area contributed by atoms with Crippen LogP contribution in [0.3, 0.4) is 0 Å². The van der Waals surface area contributed by atoms with Gasteiger partial charge in [-0.25, -0.2) is 19.6 Å². The van der Waals surface area contributed by atoms with Gasteiger partial charge < -0.3 is 19.8 Å². The summed E-state index contributed by atoms with van der Waals surface area (Å²) in [6.45, 7) is 0. The van der Waals surface area contributed by atoms with E-state index in [1.807, 2.05) is 0 Å². The molecule has 2 heterocycles. The Labute approximate surface area is 161 Å². The first-order chi connectivity index (χ1) is 13.9. The normalized spacial score (nSPS) is 10.2. The van der Waals surface area contributed by atoms with E-state index >= 15 is 0 Å². The predicted molar refractivity (Wildman–Crippen MR) is 103 cm³/mol. The molecular weight excluding hydrogens is 380 g/mol. The van der Waals surface area contributed by atoms with Crippen LogP contribution in [0, 0.1) is 0 Å². The number of carbonyl (C=O) groups is 2. The summed E-state index contributed by atoms with van der Waals surface area (Å²) < 4.78 is 4.55. The average Bonchev–Trinajstić information content (AvgIpc) is 2.74. The van der Waals surface area contributed by atoms with Crippen LogP contribution >= 0.6 is 0 Å². The minimum Gasteiger partial charge on any atom is -0.478 e. The molecule has 0 unspecified atom stereocenters. The van der Waals surface area contributed by atoms with Crippen LogP contribution in [-0.4, -0.2) is 44.1 Å². The average molecular weight is 394 g/mol. The molecule has 0 atom stereocenters. The van der Waals surface area contributed by atoms with Crippen LogP contribution in [0.15, 0.2) is 58.6 Å². The van der Waals surface area contributed by atoms with Gasteiger partial charge in [-0.05, 0) is 36.4 Å². The van der Waals surface area contributed by atoms with Crippen LogP contribution in [0.2, 0.25) is 0 Å². The third-order valence-electron chi connectivity index (χ3n) is 3.95. The van der Waals surface area contributed by atoms with Crippen molar-refractivity contribution in [3.05, 3.63) is 80.9 Å². The second-order valence-electron chi connectivity index (χ2n) is 5.72. The third-order valence-corrected chi connectivity index (χ3v) is 3.95. The molecule has 0 radical (unpaired) electrons. The van der Waals surface area contributed by atoms with Crippen molar-refractivity contribution in [3.8, 4) is 0 Å². The smallest absolute Gasteiger partial charge is 0.337 e. The fourth-order valence-electron chi connectivity index (χ4n) is 2.52. The first-order valence-corrected chi connectivity index (χ1v) is 8.17. The van der Waals surface area contributed by atoms with E-state index in [4.69, 9.17) is 5.11 Å². The molecule has 146 valence electrons. The summed E-state index contributed by atoms with van der Waals surface area (Å²) in [5.74, 6) is -1.53. The number of carbonyl (C=O) groups excluding carboxylic acids is 1. The van der Waals surface area contributed by atoms with E-state index in [1.54, 1.807) is 12.1 Å². The minimum atomic E-state index is -1.06. The minimum absolute atomic E-state index is 0.0796. The van der Waals surface area contributed by atoms with Gasteiger partial charge in [-0.15, -0.1) is 0 Å². The molecule has 0 saturated carbocycles. The van der Waals surface area contributed by atoms with Crippen molar-refractivity contribution in [1.29, 1.82) is 0 Å². The van der Waals surface area contributed by atoms with Crippen LogP contribution in [-0.2, 0) is 4.74 Å². The summed E-state index contributed by atoms with van der Waals surface area (Å²) in [6.07, 6.45) is 2.60. The molecule has 10 nitrogen and oxygen atoms in total. The number of nitrogens with one attached hydrogen (secondary N) is 2. The Bertz CT molecular complexity index is 1340. The number of aromatic amines is 2. The number of rotatable bonds is 2. The standard InChI is InChI=1S/C10H8N2O3.C9H6N2O3/c1-15-10(14)6-2-3-8-7(4-6)9(13)12-5-11-8;12-8-6-3-5(9(13)14)1-2-7(6)10-4-11-8/h2-5H,1H3,(H,11,12,13);1-4H,(H,13,14)(H,10,11,12). The van der Waals surface area contributed by atoms with Crippen LogP contribution in [0.4, 0.5) is 0 Å². The quantitative estimate of drug-likeness (QED) is 0.430. The van der Waals surface area contributed by atoms with Crippen LogP contribution in [0.25, 0.3) is 21.8 Å². The molecule has 0 saturated heterocycles. The molecule has 3 N–H and O–H groups in total. The zero-order valence-electron chi connectivity index (χ0n) is 15.0. The Morgan fingerprint density at radius 2 is 1.34 bits per heavy atom. The summed E-state index contributed by atoms with van der Waals surface area (Å²) in [6, 6.07) is 8.87. The van der Waals surface area contributed by atoms with Crippen molar-refractivity contribution in [3.63, 3.8) is 0 Å². The molecule has 0 spiro atoms. The Morgan fingerprint density at radius 1 is 0.862 bits per heavy atom. The molecule has 10 heteroatoms. The summed E-state index contributed by atoms with van der Waals surface area (Å²) in [5.41, 5.74) is 0.841. The van der Waals surface area contributed by atoms with Crippen molar-refractivity contribution in [2.45, 2.75) is 0 Å². The highest BCUT2D eigenvalue weighted by Gasteiger charge is 2.08. The van der Waals surface area contributed by atoms with E-state index in [0.717, 1.165) is 0 Å². The maximum Gasteiger partial charge on any atom is 0.337 e. The first kappa shape index (κ1) is 19.4. The number of aromatic nitrogens is 4. The van der Waals surface area contributed by atoms with Crippen LogP contribution < -0.4 is 11.1 Å². The van der Waals surface area contributed by atoms with E-state index in [1.165, 1.54) is 44.0 Å². The molecule has 2 aromatic carbocycles. The SMILES string of the molecule is COC(=O)c1ccc2nc[nH]c(=O)c2c1.O=C(O)c1ccc2nc[nH]c(=O)c2c1. The maximum atomic E-state index is 11.4. The summed E-state index contributed by atoms with van der Waals surface area (Å²) in [7, 11) is 1.29. The number of hydrogen-bond acceptors (Lipinski definition) is 7. The molecule has 0 aliphatic carbocycles. The molecule has 0 aliphatic heterocycles. The number of aromatic carboxylic acids is 1. The van der Waals surface area contributed by atoms with Crippen molar-refractivity contribution in [2.24, 2.45) is 0 Å². The van der Waals surface area contributed by atoms with Gasteiger partial charge in [-0.3, -0.25) is 9.59 Å². The summed E-state index contributed by atoms with van der Waals surface area (Å²) in [4.78, 5) is 57.2. The molecular formula is C19H14N4O6. The first-order valence-electron chi connectivity index (χ1n) is 8.17. The van der Waals surface area contributed by atoms with Crippen molar-refractivity contribution in [1.82, 2.24) is 19.9 Å². The zero-order valence-corrected chi connectivity index (χ0v) is 15.0. The van der Waals surface area contributed by atoms with Crippen LogP contribution in [0.1, 0.15) is 20.7 Å². The lowest BCUT2D eigenvalue weighted by molar-refractivity contribution is 0.0600.